The molecule has 1 fully saturated rings. The molecule has 1 aromatic heterocycles. The van der Waals surface area contributed by atoms with E-state index in [1.807, 2.05) is 0 Å². The smallest absolute Gasteiger partial charge is 0.243 e. The van der Waals surface area contributed by atoms with Gasteiger partial charge in [-0.1, -0.05) is 19.8 Å². The molecule has 1 saturated carbocycles. The highest BCUT2D eigenvalue weighted by Gasteiger charge is 2.33. The number of halogens is 1. The molecule has 0 spiro atoms. The lowest BCUT2D eigenvalue weighted by atomic mass is 9.79. The Balaban J connectivity index is 2.04. The fourth-order valence-electron chi connectivity index (χ4n) is 2.54. The van der Waals surface area contributed by atoms with E-state index in [1.54, 1.807) is 0 Å². The molecule has 1 aliphatic carbocycles. The van der Waals surface area contributed by atoms with Crippen LogP contribution < -0.4 is 4.72 Å². The third-order valence-electron chi connectivity index (χ3n) is 3.57. The van der Waals surface area contributed by atoms with Crippen LogP contribution in [0, 0.1) is 5.92 Å². The Labute approximate surface area is 123 Å². The summed E-state index contributed by atoms with van der Waals surface area (Å²) in [6.07, 6.45) is 5.48. The van der Waals surface area contributed by atoms with Gasteiger partial charge in [-0.25, -0.2) is 23.1 Å². The molecule has 112 valence electrons. The monoisotopic (exact) mass is 319 g/mol. The molecule has 0 aromatic carbocycles. The maximum atomic E-state index is 12.1. The van der Waals surface area contributed by atoms with Gasteiger partial charge in [0.25, 0.3) is 0 Å². The van der Waals surface area contributed by atoms with E-state index in [0.717, 1.165) is 25.2 Å². The van der Waals surface area contributed by atoms with Crippen LogP contribution in [0.5, 0.6) is 0 Å². The third kappa shape index (κ3) is 3.88. The molecule has 0 amide bonds. The highest BCUT2D eigenvalue weighted by atomic mass is 35.5. The van der Waals surface area contributed by atoms with Gasteiger partial charge in [-0.15, -0.1) is 0 Å². The topological polar surface area (TPSA) is 92.2 Å². The molecule has 0 radical (unpaired) electrons. The summed E-state index contributed by atoms with van der Waals surface area (Å²) < 4.78 is 26.6. The lowest BCUT2D eigenvalue weighted by Gasteiger charge is -2.35. The molecule has 8 heteroatoms. The van der Waals surface area contributed by atoms with Crippen LogP contribution in [0.4, 0.5) is 0 Å². The van der Waals surface area contributed by atoms with E-state index in [2.05, 4.69) is 21.6 Å². The fourth-order valence-corrected chi connectivity index (χ4v) is 3.65. The van der Waals surface area contributed by atoms with Crippen LogP contribution in [0.3, 0.4) is 0 Å². The van der Waals surface area contributed by atoms with Crippen molar-refractivity contribution in [2.24, 2.45) is 5.92 Å². The van der Waals surface area contributed by atoms with E-state index in [-0.39, 0.29) is 16.7 Å². The van der Waals surface area contributed by atoms with E-state index in [9.17, 15) is 13.5 Å². The summed E-state index contributed by atoms with van der Waals surface area (Å²) in [6.45, 7) is 2.06. The van der Waals surface area contributed by atoms with Gasteiger partial charge in [-0.05, 0) is 30.4 Å². The number of rotatable bonds is 4. The number of aliphatic hydroxyl groups is 1. The quantitative estimate of drug-likeness (QED) is 0.817. The molecular formula is C12H18ClN3O3S. The molecule has 0 aliphatic heterocycles. The standard InChI is InChI=1S/C12H18ClN3O3S/c1-9-3-2-4-12(17,5-9)8-16-20(18,19)10-6-14-11(13)15-7-10/h6-7,9,16-17H,2-5,8H2,1H3. The van der Waals surface area contributed by atoms with Crippen LogP contribution in [0.2, 0.25) is 5.28 Å². The van der Waals surface area contributed by atoms with E-state index in [0.29, 0.717) is 18.8 Å². The normalized spacial score (nSPS) is 27.4. The Bertz CT molecular complexity index is 564. The van der Waals surface area contributed by atoms with Gasteiger partial charge in [0.15, 0.2) is 0 Å². The molecule has 1 aliphatic rings. The second-order valence-electron chi connectivity index (χ2n) is 5.44. The predicted octanol–water partition coefficient (Wildman–Crippen LogP) is 1.35. The zero-order valence-electron chi connectivity index (χ0n) is 11.2. The molecule has 1 heterocycles. The van der Waals surface area contributed by atoms with Gasteiger partial charge < -0.3 is 5.11 Å². The van der Waals surface area contributed by atoms with Crippen molar-refractivity contribution in [2.75, 3.05) is 6.54 Å². The van der Waals surface area contributed by atoms with Crippen molar-refractivity contribution >= 4 is 21.6 Å². The minimum atomic E-state index is -3.73. The lowest BCUT2D eigenvalue weighted by Crippen LogP contribution is -2.45. The third-order valence-corrected chi connectivity index (χ3v) is 5.12. The first-order valence-corrected chi connectivity index (χ1v) is 8.36. The second kappa shape index (κ2) is 5.93. The molecule has 1 aromatic rings. The molecular weight excluding hydrogens is 302 g/mol. The van der Waals surface area contributed by atoms with Crippen molar-refractivity contribution < 1.29 is 13.5 Å². The average Bonchev–Trinajstić information content (AvgIpc) is 2.37. The van der Waals surface area contributed by atoms with Crippen molar-refractivity contribution in [2.45, 2.75) is 43.1 Å². The van der Waals surface area contributed by atoms with Crippen LogP contribution in [0.15, 0.2) is 17.3 Å². The molecule has 20 heavy (non-hydrogen) atoms. The first-order valence-electron chi connectivity index (χ1n) is 6.50. The summed E-state index contributed by atoms with van der Waals surface area (Å²) in [4.78, 5) is 7.22. The molecule has 2 N–H and O–H groups in total. The Morgan fingerprint density at radius 3 is 2.75 bits per heavy atom. The zero-order chi connectivity index (χ0) is 14.8. The maximum Gasteiger partial charge on any atom is 0.243 e. The zero-order valence-corrected chi connectivity index (χ0v) is 12.8. The Hall–Kier alpha value is -0.760. The Kier molecular flexibility index (Phi) is 4.63. The molecule has 0 saturated heterocycles. The second-order valence-corrected chi connectivity index (χ2v) is 7.54. The van der Waals surface area contributed by atoms with Crippen molar-refractivity contribution in [3.8, 4) is 0 Å². The van der Waals surface area contributed by atoms with Gasteiger partial charge in [0.05, 0.1) is 18.0 Å². The van der Waals surface area contributed by atoms with Crippen LogP contribution in [-0.4, -0.2) is 35.6 Å². The summed E-state index contributed by atoms with van der Waals surface area (Å²) in [5.41, 5.74) is -0.974. The van der Waals surface area contributed by atoms with Gasteiger partial charge in [0.1, 0.15) is 4.90 Å². The van der Waals surface area contributed by atoms with Gasteiger partial charge in [-0.3, -0.25) is 0 Å². The summed E-state index contributed by atoms with van der Waals surface area (Å²) >= 11 is 5.52. The Morgan fingerprint density at radius 2 is 2.15 bits per heavy atom. The first kappa shape index (κ1) is 15.6. The van der Waals surface area contributed by atoms with Crippen molar-refractivity contribution in [1.29, 1.82) is 0 Å². The number of hydrogen-bond acceptors (Lipinski definition) is 5. The van der Waals surface area contributed by atoms with Crippen LogP contribution in [0.1, 0.15) is 32.6 Å². The number of aromatic nitrogens is 2. The van der Waals surface area contributed by atoms with E-state index >= 15 is 0 Å². The van der Waals surface area contributed by atoms with Crippen LogP contribution >= 0.6 is 11.6 Å². The minimum absolute atomic E-state index is 0.00228. The largest absolute Gasteiger partial charge is 0.389 e. The molecule has 0 bridgehead atoms. The van der Waals surface area contributed by atoms with Crippen molar-refractivity contribution in [3.63, 3.8) is 0 Å². The van der Waals surface area contributed by atoms with Gasteiger partial charge in [0.2, 0.25) is 15.3 Å². The van der Waals surface area contributed by atoms with Crippen LogP contribution in [-0.2, 0) is 10.0 Å². The number of nitrogens with zero attached hydrogens (tertiary/aromatic N) is 2. The molecule has 2 rings (SSSR count). The highest BCUT2D eigenvalue weighted by molar-refractivity contribution is 7.89. The predicted molar refractivity (Wildman–Crippen MR) is 74.8 cm³/mol. The summed E-state index contributed by atoms with van der Waals surface area (Å²) in [5, 5.41) is 10.4. The summed E-state index contributed by atoms with van der Waals surface area (Å²) in [5.74, 6) is 0.400. The number of sulfonamides is 1. The SMILES string of the molecule is CC1CCCC(O)(CNS(=O)(=O)c2cnc(Cl)nc2)C1. The number of hydrogen-bond donors (Lipinski definition) is 2. The van der Waals surface area contributed by atoms with Crippen molar-refractivity contribution in [1.82, 2.24) is 14.7 Å². The number of nitrogens with one attached hydrogen (secondary N) is 1. The lowest BCUT2D eigenvalue weighted by molar-refractivity contribution is -0.00751. The summed E-state index contributed by atoms with van der Waals surface area (Å²) in [7, 11) is -3.73. The highest BCUT2D eigenvalue weighted by Crippen LogP contribution is 2.31. The first-order chi connectivity index (χ1) is 9.31. The Morgan fingerprint density at radius 1 is 1.50 bits per heavy atom. The van der Waals surface area contributed by atoms with Gasteiger partial charge in [0, 0.05) is 6.54 Å². The molecule has 2 unspecified atom stereocenters. The molecule has 6 nitrogen and oxygen atoms in total. The average molecular weight is 320 g/mol. The fraction of sp³-hybridized carbons (Fsp3) is 0.667. The van der Waals surface area contributed by atoms with Gasteiger partial charge >= 0.3 is 0 Å². The summed E-state index contributed by atoms with van der Waals surface area (Å²) in [6, 6.07) is 0. The maximum absolute atomic E-state index is 12.1. The van der Waals surface area contributed by atoms with Crippen LogP contribution in [0.25, 0.3) is 0 Å². The molecule has 2 atom stereocenters. The van der Waals surface area contributed by atoms with E-state index in [4.69, 9.17) is 11.6 Å². The van der Waals surface area contributed by atoms with E-state index < -0.39 is 15.6 Å². The van der Waals surface area contributed by atoms with E-state index in [1.165, 1.54) is 0 Å². The van der Waals surface area contributed by atoms with Gasteiger partial charge in [-0.2, -0.15) is 0 Å². The van der Waals surface area contributed by atoms with Crippen molar-refractivity contribution in [3.05, 3.63) is 17.7 Å². The minimum Gasteiger partial charge on any atom is -0.389 e.